The van der Waals surface area contributed by atoms with Crippen LogP contribution in [0.5, 0.6) is 0 Å². The Labute approximate surface area is 153 Å². The molecular formula is C16H9Br2IN2. The number of alkyl halides is 1. The summed E-state index contributed by atoms with van der Waals surface area (Å²) >= 11 is 9.37. The van der Waals surface area contributed by atoms with E-state index in [-0.39, 0.29) is 0 Å². The highest BCUT2D eigenvalue weighted by Gasteiger charge is 2.19. The topological polar surface area (TPSA) is 28.2 Å². The summed E-state index contributed by atoms with van der Waals surface area (Å²) in [5.41, 5.74) is 4.88. The van der Waals surface area contributed by atoms with Crippen LogP contribution in [0.3, 0.4) is 0 Å². The molecular weight excluding hydrogens is 507 g/mol. The van der Waals surface area contributed by atoms with E-state index in [0.29, 0.717) is 5.69 Å². The van der Waals surface area contributed by atoms with Crippen molar-refractivity contribution < 1.29 is 0 Å². The minimum absolute atomic E-state index is 0.661. The molecule has 0 bridgehead atoms. The Morgan fingerprint density at radius 2 is 1.86 bits per heavy atom. The molecule has 0 atom stereocenters. The van der Waals surface area contributed by atoms with E-state index in [4.69, 9.17) is 0 Å². The fourth-order valence-electron chi connectivity index (χ4n) is 2.36. The van der Waals surface area contributed by atoms with Crippen LogP contribution in [0, 0.1) is 15.0 Å². The normalized spacial score (nSPS) is 10.8. The van der Waals surface area contributed by atoms with Crippen LogP contribution in [0.1, 0.15) is 11.3 Å². The minimum atomic E-state index is 0.661. The van der Waals surface area contributed by atoms with Gasteiger partial charge in [0.25, 0.3) is 0 Å². The third-order valence-electron chi connectivity index (χ3n) is 3.35. The number of benzene rings is 1. The predicted octanol–water partition coefficient (Wildman–Crippen LogP) is 5.74. The third-order valence-corrected chi connectivity index (χ3v) is 5.64. The summed E-state index contributed by atoms with van der Waals surface area (Å²) in [6.45, 7) is 0. The van der Waals surface area contributed by atoms with Gasteiger partial charge in [0, 0.05) is 10.9 Å². The van der Waals surface area contributed by atoms with E-state index in [2.05, 4.69) is 84.8 Å². The van der Waals surface area contributed by atoms with Crippen molar-refractivity contribution in [3.05, 3.63) is 61.9 Å². The Morgan fingerprint density at radius 1 is 1.14 bits per heavy atom. The number of rotatable bonds is 2. The molecule has 2 aromatic heterocycles. The van der Waals surface area contributed by atoms with E-state index in [1.165, 1.54) is 5.56 Å². The van der Waals surface area contributed by atoms with Crippen LogP contribution in [0.2, 0.25) is 0 Å². The first kappa shape index (κ1) is 15.1. The van der Waals surface area contributed by atoms with Crippen LogP contribution < -0.4 is 0 Å². The van der Waals surface area contributed by atoms with Gasteiger partial charge in [-0.25, -0.2) is 0 Å². The van der Waals surface area contributed by atoms with E-state index < -0.39 is 0 Å². The van der Waals surface area contributed by atoms with Gasteiger partial charge in [-0.05, 0) is 61.8 Å². The maximum absolute atomic E-state index is 9.61. The predicted molar refractivity (Wildman–Crippen MR) is 101 cm³/mol. The average Bonchev–Trinajstić information content (AvgIpc) is 2.81. The molecule has 0 fully saturated rings. The number of halogens is 3. The van der Waals surface area contributed by atoms with Gasteiger partial charge in [0.2, 0.25) is 0 Å². The molecule has 0 saturated carbocycles. The van der Waals surface area contributed by atoms with Crippen LogP contribution in [-0.4, -0.2) is 4.40 Å². The van der Waals surface area contributed by atoms with E-state index in [0.717, 1.165) is 30.1 Å². The van der Waals surface area contributed by atoms with Gasteiger partial charge in [-0.3, -0.25) is 4.40 Å². The second-order valence-corrected chi connectivity index (χ2v) is 7.01. The Kier molecular flexibility index (Phi) is 4.38. The lowest BCUT2D eigenvalue weighted by atomic mass is 10.0. The minimum Gasteiger partial charge on any atom is -0.294 e. The number of nitrogens with zero attached hydrogens (tertiary/aromatic N) is 2. The first-order valence-electron chi connectivity index (χ1n) is 6.21. The molecule has 5 heteroatoms. The fraction of sp³-hybridized carbons (Fsp3) is 0.0625. The maximum Gasteiger partial charge on any atom is 0.134 e. The zero-order valence-corrected chi connectivity index (χ0v) is 16.1. The monoisotopic (exact) mass is 514 g/mol. The summed E-state index contributed by atoms with van der Waals surface area (Å²) in [6.07, 6.45) is 0. The van der Waals surface area contributed by atoms with Crippen LogP contribution in [-0.2, 0) is 5.33 Å². The lowest BCUT2D eigenvalue weighted by molar-refractivity contribution is 1.12. The number of fused-ring (bicyclic) bond motifs is 1. The highest BCUT2D eigenvalue weighted by atomic mass is 127. The molecule has 2 heterocycles. The number of aromatic nitrogens is 1. The summed E-state index contributed by atoms with van der Waals surface area (Å²) in [4.78, 5) is 0. The van der Waals surface area contributed by atoms with Gasteiger partial charge >= 0.3 is 0 Å². The van der Waals surface area contributed by atoms with Crippen molar-refractivity contribution in [2.24, 2.45) is 0 Å². The average molecular weight is 516 g/mol. The smallest absolute Gasteiger partial charge is 0.134 e. The molecule has 0 aliphatic heterocycles. The van der Waals surface area contributed by atoms with Gasteiger partial charge in [-0.1, -0.05) is 46.3 Å². The van der Waals surface area contributed by atoms with Crippen molar-refractivity contribution in [3.63, 3.8) is 0 Å². The van der Waals surface area contributed by atoms with Gasteiger partial charge in [0.15, 0.2) is 0 Å². The van der Waals surface area contributed by atoms with Crippen LogP contribution in [0.4, 0.5) is 0 Å². The van der Waals surface area contributed by atoms with Gasteiger partial charge in [0.05, 0.1) is 13.7 Å². The summed E-state index contributed by atoms with van der Waals surface area (Å²) in [7, 11) is 0. The second kappa shape index (κ2) is 6.11. The first-order valence-corrected chi connectivity index (χ1v) is 9.20. The third kappa shape index (κ3) is 2.54. The molecule has 0 amide bonds. The number of nitriles is 1. The van der Waals surface area contributed by atoms with E-state index in [1.54, 1.807) is 0 Å². The Balaban J connectivity index is 2.34. The summed E-state index contributed by atoms with van der Waals surface area (Å²) in [5, 5.41) is 10.4. The Hall–Kier alpha value is -0.840. The first-order chi connectivity index (χ1) is 10.2. The number of pyridine rings is 1. The van der Waals surface area contributed by atoms with Crippen molar-refractivity contribution >= 4 is 60.0 Å². The maximum atomic E-state index is 9.61. The lowest BCUT2D eigenvalue weighted by Gasteiger charge is -2.03. The molecule has 0 aliphatic carbocycles. The van der Waals surface area contributed by atoms with Gasteiger partial charge in [-0.15, -0.1) is 0 Å². The van der Waals surface area contributed by atoms with Crippen LogP contribution in [0.25, 0.3) is 16.6 Å². The van der Waals surface area contributed by atoms with Crippen LogP contribution >= 0.6 is 54.5 Å². The molecule has 2 nitrogen and oxygen atoms in total. The molecule has 0 aliphatic rings. The van der Waals surface area contributed by atoms with Crippen molar-refractivity contribution in [2.75, 3.05) is 0 Å². The van der Waals surface area contributed by atoms with Crippen molar-refractivity contribution in [1.82, 2.24) is 4.40 Å². The second-order valence-electron chi connectivity index (χ2n) is 4.55. The molecule has 3 rings (SSSR count). The zero-order chi connectivity index (χ0) is 15.0. The van der Waals surface area contributed by atoms with Crippen molar-refractivity contribution in [2.45, 2.75) is 5.33 Å². The summed E-state index contributed by atoms with van der Waals surface area (Å²) < 4.78 is 3.97. The Bertz CT molecular complexity index is 861. The van der Waals surface area contributed by atoms with Gasteiger partial charge in [-0.2, -0.15) is 5.26 Å². The standard InChI is InChI=1S/C16H9Br2IN2/c17-8-10-4-6-11(7-5-10)15-13(9-20)21-12(16(15)18)2-1-3-14(21)19/h1-7H,8H2. The van der Waals surface area contributed by atoms with Gasteiger partial charge < -0.3 is 0 Å². The SMILES string of the molecule is N#Cc1c(-c2ccc(CBr)cc2)c(Br)c2cccc(I)n12. The van der Waals surface area contributed by atoms with E-state index >= 15 is 0 Å². The molecule has 0 N–H and O–H groups in total. The molecule has 1 aromatic carbocycles. The summed E-state index contributed by atoms with van der Waals surface area (Å²) in [6, 6.07) is 16.6. The molecule has 21 heavy (non-hydrogen) atoms. The van der Waals surface area contributed by atoms with Crippen molar-refractivity contribution in [3.8, 4) is 17.2 Å². The highest BCUT2D eigenvalue weighted by molar-refractivity contribution is 14.1. The molecule has 0 saturated heterocycles. The Morgan fingerprint density at radius 3 is 2.48 bits per heavy atom. The van der Waals surface area contributed by atoms with Crippen LogP contribution in [0.15, 0.2) is 46.9 Å². The molecule has 0 spiro atoms. The molecule has 104 valence electrons. The molecule has 0 unspecified atom stereocenters. The largest absolute Gasteiger partial charge is 0.294 e. The van der Waals surface area contributed by atoms with E-state index in [1.807, 2.05) is 22.6 Å². The van der Waals surface area contributed by atoms with Gasteiger partial charge in [0.1, 0.15) is 11.8 Å². The lowest BCUT2D eigenvalue weighted by Crippen LogP contribution is -1.93. The molecule has 3 aromatic rings. The zero-order valence-electron chi connectivity index (χ0n) is 10.8. The quantitative estimate of drug-likeness (QED) is 0.243. The fourth-order valence-corrected chi connectivity index (χ4v) is 4.16. The van der Waals surface area contributed by atoms with Crippen molar-refractivity contribution in [1.29, 1.82) is 5.26 Å². The molecule has 0 radical (unpaired) electrons. The number of hydrogen-bond acceptors (Lipinski definition) is 1. The highest BCUT2D eigenvalue weighted by Crippen LogP contribution is 2.38. The van der Waals surface area contributed by atoms with E-state index in [9.17, 15) is 5.26 Å². The number of hydrogen-bond donors (Lipinski definition) is 0. The summed E-state index contributed by atoms with van der Waals surface area (Å²) in [5.74, 6) is 0.